The summed E-state index contributed by atoms with van der Waals surface area (Å²) in [5.41, 5.74) is 1.61. The van der Waals surface area contributed by atoms with Crippen LogP contribution in [0.4, 0.5) is 5.69 Å². The van der Waals surface area contributed by atoms with Crippen molar-refractivity contribution in [2.45, 2.75) is 26.9 Å². The third-order valence-corrected chi connectivity index (χ3v) is 4.24. The van der Waals surface area contributed by atoms with Gasteiger partial charge in [0.05, 0.1) is 12.0 Å². The lowest BCUT2D eigenvalue weighted by atomic mass is 9.75. The minimum atomic E-state index is -0.294. The first-order chi connectivity index (χ1) is 9.58. The first-order valence-corrected chi connectivity index (χ1v) is 7.18. The Morgan fingerprint density at radius 3 is 2.90 bits per heavy atom. The van der Waals surface area contributed by atoms with E-state index in [9.17, 15) is 4.79 Å². The summed E-state index contributed by atoms with van der Waals surface area (Å²) in [4.78, 5) is 12.7. The summed E-state index contributed by atoms with van der Waals surface area (Å²) in [5, 5.41) is 6.38. The predicted molar refractivity (Wildman–Crippen MR) is 80.5 cm³/mol. The van der Waals surface area contributed by atoms with Crippen LogP contribution >= 0.6 is 0 Å². The molecule has 0 bridgehead atoms. The Morgan fingerprint density at radius 2 is 2.30 bits per heavy atom. The number of amides is 1. The third kappa shape index (κ3) is 3.02. The van der Waals surface area contributed by atoms with Crippen LogP contribution in [0.15, 0.2) is 24.3 Å². The van der Waals surface area contributed by atoms with E-state index in [-0.39, 0.29) is 11.3 Å². The Balaban J connectivity index is 2.12. The van der Waals surface area contributed by atoms with Crippen LogP contribution < -0.4 is 10.6 Å². The molecule has 0 aromatic heterocycles. The maximum absolute atomic E-state index is 12.7. The fourth-order valence-corrected chi connectivity index (χ4v) is 2.82. The fraction of sp³-hybridized carbons (Fsp3) is 0.562. The minimum absolute atomic E-state index is 0.118. The quantitative estimate of drug-likeness (QED) is 0.868. The Hall–Kier alpha value is -1.39. The number of anilines is 1. The number of rotatable bonds is 5. The van der Waals surface area contributed by atoms with Gasteiger partial charge in [-0.2, -0.15) is 0 Å². The van der Waals surface area contributed by atoms with E-state index in [1.807, 2.05) is 24.3 Å². The third-order valence-electron chi connectivity index (χ3n) is 4.24. The average Bonchev–Trinajstić information content (AvgIpc) is 2.90. The lowest BCUT2D eigenvalue weighted by Crippen LogP contribution is -2.42. The van der Waals surface area contributed by atoms with Crippen molar-refractivity contribution in [2.24, 2.45) is 11.3 Å². The zero-order valence-electron chi connectivity index (χ0n) is 12.5. The molecule has 0 saturated carbocycles. The van der Waals surface area contributed by atoms with Crippen LogP contribution in [-0.4, -0.2) is 26.1 Å². The van der Waals surface area contributed by atoms with E-state index in [0.717, 1.165) is 30.8 Å². The number of benzene rings is 1. The summed E-state index contributed by atoms with van der Waals surface area (Å²) in [6.45, 7) is 6.46. The molecule has 1 amide bonds. The van der Waals surface area contributed by atoms with Gasteiger partial charge in [0.2, 0.25) is 5.91 Å². The number of carbonyl (C=O) groups is 1. The van der Waals surface area contributed by atoms with Crippen LogP contribution in [0.25, 0.3) is 0 Å². The number of carbonyl (C=O) groups excluding carboxylic acids is 1. The molecule has 1 aliphatic heterocycles. The Kier molecular flexibility index (Phi) is 4.78. The molecule has 2 N–H and O–H groups in total. The molecule has 1 aromatic carbocycles. The average molecular weight is 276 g/mol. The minimum Gasteiger partial charge on any atom is -0.380 e. The first kappa shape index (κ1) is 15.0. The van der Waals surface area contributed by atoms with E-state index in [1.165, 1.54) is 0 Å². The zero-order valence-corrected chi connectivity index (χ0v) is 12.5. The van der Waals surface area contributed by atoms with Crippen molar-refractivity contribution < 1.29 is 9.53 Å². The van der Waals surface area contributed by atoms with Crippen LogP contribution in [0.2, 0.25) is 0 Å². The van der Waals surface area contributed by atoms with E-state index in [1.54, 1.807) is 7.11 Å². The molecule has 1 saturated heterocycles. The van der Waals surface area contributed by atoms with Gasteiger partial charge in [-0.25, -0.2) is 0 Å². The van der Waals surface area contributed by atoms with Crippen LogP contribution in [0, 0.1) is 11.3 Å². The van der Waals surface area contributed by atoms with Gasteiger partial charge in [-0.3, -0.25) is 4.79 Å². The van der Waals surface area contributed by atoms with Gasteiger partial charge >= 0.3 is 0 Å². The molecule has 0 spiro atoms. The molecule has 1 fully saturated rings. The Labute approximate surface area is 120 Å². The molecule has 0 aliphatic carbocycles. The molecule has 1 atom stereocenters. The summed E-state index contributed by atoms with van der Waals surface area (Å²) >= 11 is 0. The summed E-state index contributed by atoms with van der Waals surface area (Å²) in [6, 6.07) is 7.83. The van der Waals surface area contributed by atoms with Crippen LogP contribution in [0.3, 0.4) is 0 Å². The van der Waals surface area contributed by atoms with Gasteiger partial charge in [-0.1, -0.05) is 26.0 Å². The molecule has 1 aromatic rings. The molecule has 4 heteroatoms. The highest BCUT2D eigenvalue weighted by molar-refractivity contribution is 5.96. The molecule has 1 unspecified atom stereocenters. The van der Waals surface area contributed by atoms with E-state index in [2.05, 4.69) is 24.5 Å². The monoisotopic (exact) mass is 276 g/mol. The lowest BCUT2D eigenvalue weighted by molar-refractivity contribution is -0.126. The standard InChI is InChI=1S/C16H24N2O2/c1-12(2)16(7-8-17-11-16)15(19)18-14-6-4-5-13(9-14)10-20-3/h4-6,9,12,17H,7-8,10-11H2,1-3H3,(H,18,19). The summed E-state index contributed by atoms with van der Waals surface area (Å²) in [7, 11) is 1.67. The van der Waals surface area contributed by atoms with E-state index in [0.29, 0.717) is 12.5 Å². The van der Waals surface area contributed by atoms with Gasteiger partial charge in [0.1, 0.15) is 0 Å². The van der Waals surface area contributed by atoms with Crippen molar-refractivity contribution in [3.05, 3.63) is 29.8 Å². The highest BCUT2D eigenvalue weighted by Gasteiger charge is 2.43. The molecule has 0 radical (unpaired) electrons. The molecule has 2 rings (SSSR count). The van der Waals surface area contributed by atoms with Crippen LogP contribution in [-0.2, 0) is 16.1 Å². The summed E-state index contributed by atoms with van der Waals surface area (Å²) in [5.74, 6) is 0.437. The molecular formula is C16H24N2O2. The largest absolute Gasteiger partial charge is 0.380 e. The SMILES string of the molecule is COCc1cccc(NC(=O)C2(C(C)C)CCNC2)c1. The highest BCUT2D eigenvalue weighted by Crippen LogP contribution is 2.35. The van der Waals surface area contributed by atoms with E-state index >= 15 is 0 Å². The number of hydrogen-bond donors (Lipinski definition) is 2. The van der Waals surface area contributed by atoms with E-state index in [4.69, 9.17) is 4.74 Å². The van der Waals surface area contributed by atoms with Gasteiger partial charge < -0.3 is 15.4 Å². The Morgan fingerprint density at radius 1 is 1.50 bits per heavy atom. The van der Waals surface area contributed by atoms with E-state index < -0.39 is 0 Å². The molecule has 1 heterocycles. The normalized spacial score (nSPS) is 22.2. The van der Waals surface area contributed by atoms with Crippen LogP contribution in [0.5, 0.6) is 0 Å². The molecular weight excluding hydrogens is 252 g/mol. The number of methoxy groups -OCH3 is 1. The smallest absolute Gasteiger partial charge is 0.232 e. The highest BCUT2D eigenvalue weighted by atomic mass is 16.5. The van der Waals surface area contributed by atoms with Crippen LogP contribution in [0.1, 0.15) is 25.8 Å². The first-order valence-electron chi connectivity index (χ1n) is 7.18. The predicted octanol–water partition coefficient (Wildman–Crippen LogP) is 2.41. The number of ether oxygens (including phenoxy) is 1. The number of nitrogens with one attached hydrogen (secondary N) is 2. The molecule has 110 valence electrons. The topological polar surface area (TPSA) is 50.4 Å². The lowest BCUT2D eigenvalue weighted by Gasteiger charge is -2.31. The number of hydrogen-bond acceptors (Lipinski definition) is 3. The summed E-state index contributed by atoms with van der Waals surface area (Å²) in [6.07, 6.45) is 0.897. The maximum atomic E-state index is 12.7. The molecule has 1 aliphatic rings. The maximum Gasteiger partial charge on any atom is 0.232 e. The van der Waals surface area contributed by atoms with Gasteiger partial charge in [-0.05, 0) is 36.6 Å². The van der Waals surface area contributed by atoms with Crippen molar-refractivity contribution in [2.75, 3.05) is 25.5 Å². The van der Waals surface area contributed by atoms with Gasteiger partial charge in [0.25, 0.3) is 0 Å². The van der Waals surface area contributed by atoms with Gasteiger partial charge in [0.15, 0.2) is 0 Å². The molecule has 4 nitrogen and oxygen atoms in total. The van der Waals surface area contributed by atoms with Crippen molar-refractivity contribution in [3.8, 4) is 0 Å². The van der Waals surface area contributed by atoms with Gasteiger partial charge in [0, 0.05) is 19.3 Å². The van der Waals surface area contributed by atoms with Crippen molar-refractivity contribution in [1.29, 1.82) is 0 Å². The van der Waals surface area contributed by atoms with Crippen molar-refractivity contribution in [3.63, 3.8) is 0 Å². The van der Waals surface area contributed by atoms with Crippen molar-refractivity contribution in [1.82, 2.24) is 5.32 Å². The summed E-state index contributed by atoms with van der Waals surface area (Å²) < 4.78 is 5.12. The fourth-order valence-electron chi connectivity index (χ4n) is 2.82. The van der Waals surface area contributed by atoms with Gasteiger partial charge in [-0.15, -0.1) is 0 Å². The second-order valence-corrected chi connectivity index (χ2v) is 5.83. The zero-order chi connectivity index (χ0) is 14.6. The second-order valence-electron chi connectivity index (χ2n) is 5.83. The van der Waals surface area contributed by atoms with Crippen molar-refractivity contribution >= 4 is 11.6 Å². The Bertz CT molecular complexity index is 465. The molecule has 20 heavy (non-hydrogen) atoms. The second kappa shape index (κ2) is 6.37.